The van der Waals surface area contributed by atoms with E-state index in [0.29, 0.717) is 9.50 Å². The highest BCUT2D eigenvalue weighted by atomic mass is 79.9. The van der Waals surface area contributed by atoms with Crippen LogP contribution in [-0.4, -0.2) is 68.2 Å². The Morgan fingerprint density at radius 3 is 2.30 bits per heavy atom. The number of ether oxygens (including phenoxy) is 4. The lowest BCUT2D eigenvalue weighted by Gasteiger charge is -2.44. The zero-order valence-electron chi connectivity index (χ0n) is 22.5. The van der Waals surface area contributed by atoms with Crippen molar-refractivity contribution in [2.45, 2.75) is 55.6 Å². The van der Waals surface area contributed by atoms with Crippen LogP contribution in [0.25, 0.3) is 11.3 Å². The maximum atomic E-state index is 14.0. The van der Waals surface area contributed by atoms with Gasteiger partial charge in [0.05, 0.1) is 16.8 Å². The molecule has 2 aromatic heterocycles. The lowest BCUT2D eigenvalue weighted by Crippen LogP contribution is -2.57. The summed E-state index contributed by atoms with van der Waals surface area (Å²) in [6.45, 7) is 3.03. The van der Waals surface area contributed by atoms with E-state index < -0.39 is 71.8 Å². The molecule has 43 heavy (non-hydrogen) atoms. The number of nitrogens with zero attached hydrogens (tertiary/aromatic N) is 5. The molecule has 1 fully saturated rings. The smallest absolute Gasteiger partial charge is 0.303 e. The third kappa shape index (κ3) is 7.50. The average molecular weight is 684 g/mol. The monoisotopic (exact) mass is 683 g/mol. The molecule has 3 aromatic rings. The number of hydrogen-bond acceptors (Lipinski definition) is 12. The molecule has 226 valence electrons. The average Bonchev–Trinajstić information content (AvgIpc) is 3.41. The van der Waals surface area contributed by atoms with Crippen molar-refractivity contribution in [2.75, 3.05) is 6.61 Å². The molecule has 0 saturated carbocycles. The van der Waals surface area contributed by atoms with Gasteiger partial charge in [0.1, 0.15) is 36.0 Å². The van der Waals surface area contributed by atoms with Crippen LogP contribution in [0.1, 0.15) is 32.4 Å². The van der Waals surface area contributed by atoms with Gasteiger partial charge in [-0.2, -0.15) is 5.26 Å². The normalized spacial score (nSPS) is 21.5. The summed E-state index contributed by atoms with van der Waals surface area (Å²) in [5.74, 6) is -6.74. The van der Waals surface area contributed by atoms with Crippen LogP contribution < -0.4 is 0 Å². The first-order chi connectivity index (χ1) is 20.4. The van der Waals surface area contributed by atoms with Gasteiger partial charge in [0.25, 0.3) is 0 Å². The number of esters is 3. The Balaban J connectivity index is 1.82. The molecule has 5 atom stereocenters. The molecule has 3 heterocycles. The summed E-state index contributed by atoms with van der Waals surface area (Å²) in [6, 6.07) is 3.76. The highest BCUT2D eigenvalue weighted by molar-refractivity contribution is 9.10. The molecular weight excluding hydrogens is 663 g/mol. The summed E-state index contributed by atoms with van der Waals surface area (Å²) in [5.41, 5.74) is -1.08. The highest BCUT2D eigenvalue weighted by Crippen LogP contribution is 2.41. The second-order valence-electron chi connectivity index (χ2n) is 9.05. The quantitative estimate of drug-likeness (QED) is 0.192. The molecule has 1 aliphatic heterocycles. The van der Waals surface area contributed by atoms with Crippen molar-refractivity contribution in [3.63, 3.8) is 0 Å². The van der Waals surface area contributed by atoms with Crippen LogP contribution in [0.2, 0.25) is 0 Å². The molecule has 0 amide bonds. The van der Waals surface area contributed by atoms with E-state index >= 15 is 0 Å². The molecule has 5 unspecified atom stereocenters. The van der Waals surface area contributed by atoms with E-state index in [0.717, 1.165) is 49.3 Å². The van der Waals surface area contributed by atoms with Crippen molar-refractivity contribution < 1.29 is 46.5 Å². The van der Waals surface area contributed by atoms with Crippen LogP contribution in [0.5, 0.6) is 0 Å². The Hall–Kier alpha value is -4.01. The maximum absolute atomic E-state index is 14.0. The van der Waals surface area contributed by atoms with Crippen LogP contribution in [-0.2, 0) is 33.3 Å². The molecule has 1 aromatic carbocycles. The first kappa shape index (κ1) is 31.9. The molecule has 0 radical (unpaired) electrons. The molecule has 17 heteroatoms. The minimum atomic E-state index is -1.67. The molecule has 0 spiro atoms. The SMILES string of the molecule is CC(=O)OCC1OC(Sc2cc(Br)c(C#N)cn2)C(OC(C)=O)C(n2cc(-c3cc(F)c(F)c(F)c3)nn2)C1OC(C)=O. The molecular formula is C26H21BrF3N5O7S. The summed E-state index contributed by atoms with van der Waals surface area (Å²) in [6.07, 6.45) is -1.16. The van der Waals surface area contributed by atoms with Gasteiger partial charge in [-0.05, 0) is 34.1 Å². The maximum Gasteiger partial charge on any atom is 0.303 e. The predicted molar refractivity (Wildman–Crippen MR) is 143 cm³/mol. The summed E-state index contributed by atoms with van der Waals surface area (Å²) < 4.78 is 65.6. The van der Waals surface area contributed by atoms with Crippen molar-refractivity contribution in [1.29, 1.82) is 5.26 Å². The van der Waals surface area contributed by atoms with Crippen LogP contribution in [0.4, 0.5) is 13.2 Å². The molecule has 1 saturated heterocycles. The van der Waals surface area contributed by atoms with E-state index in [9.17, 15) is 32.8 Å². The Morgan fingerprint density at radius 1 is 1.07 bits per heavy atom. The van der Waals surface area contributed by atoms with Crippen LogP contribution in [0.3, 0.4) is 0 Å². The minimum absolute atomic E-state index is 0.0918. The number of benzene rings is 1. The second kappa shape index (κ2) is 13.5. The van der Waals surface area contributed by atoms with Crippen LogP contribution in [0, 0.1) is 28.8 Å². The van der Waals surface area contributed by atoms with E-state index in [4.69, 9.17) is 18.9 Å². The number of halogens is 4. The molecule has 1 aliphatic rings. The molecule has 0 N–H and O–H groups in total. The number of carbonyl (C=O) groups excluding carboxylic acids is 3. The van der Waals surface area contributed by atoms with Gasteiger partial charge in [-0.3, -0.25) is 14.4 Å². The number of pyridine rings is 1. The molecule has 0 aliphatic carbocycles. The zero-order valence-corrected chi connectivity index (χ0v) is 24.9. The number of carbonyl (C=O) groups is 3. The van der Waals surface area contributed by atoms with Gasteiger partial charge >= 0.3 is 17.9 Å². The van der Waals surface area contributed by atoms with Crippen LogP contribution >= 0.6 is 27.7 Å². The Labute approximate surface area is 254 Å². The van der Waals surface area contributed by atoms with Crippen molar-refractivity contribution >= 4 is 45.6 Å². The zero-order chi connectivity index (χ0) is 31.4. The number of rotatable bonds is 8. The summed E-state index contributed by atoms with van der Waals surface area (Å²) in [7, 11) is 0. The van der Waals surface area contributed by atoms with Gasteiger partial charge < -0.3 is 18.9 Å². The van der Waals surface area contributed by atoms with Gasteiger partial charge in [0.15, 0.2) is 29.7 Å². The fourth-order valence-corrected chi connectivity index (χ4v) is 5.86. The topological polar surface area (TPSA) is 156 Å². The number of nitriles is 1. The predicted octanol–water partition coefficient (Wildman–Crippen LogP) is 3.88. The largest absolute Gasteiger partial charge is 0.463 e. The first-order valence-corrected chi connectivity index (χ1v) is 14.0. The van der Waals surface area contributed by atoms with E-state index in [1.165, 1.54) is 18.5 Å². The highest BCUT2D eigenvalue weighted by Gasteiger charge is 2.52. The lowest BCUT2D eigenvalue weighted by atomic mass is 9.96. The summed E-state index contributed by atoms with van der Waals surface area (Å²) >= 11 is 4.27. The van der Waals surface area contributed by atoms with E-state index in [1.54, 1.807) is 0 Å². The number of hydrogen-bond donors (Lipinski definition) is 0. The van der Waals surface area contributed by atoms with E-state index in [2.05, 4.69) is 31.2 Å². The van der Waals surface area contributed by atoms with E-state index in [-0.39, 0.29) is 16.8 Å². The minimum Gasteiger partial charge on any atom is -0.463 e. The summed E-state index contributed by atoms with van der Waals surface area (Å²) in [5, 5.41) is 17.5. The fraction of sp³-hybridized carbons (Fsp3) is 0.346. The van der Waals surface area contributed by atoms with Crippen LogP contribution in [0.15, 0.2) is 40.1 Å². The van der Waals surface area contributed by atoms with E-state index in [1.807, 2.05) is 6.07 Å². The first-order valence-electron chi connectivity index (χ1n) is 12.3. The third-order valence-electron chi connectivity index (χ3n) is 5.95. The Bertz CT molecular complexity index is 1580. The molecule has 12 nitrogen and oxygen atoms in total. The van der Waals surface area contributed by atoms with Gasteiger partial charge in [-0.25, -0.2) is 22.8 Å². The third-order valence-corrected chi connectivity index (χ3v) is 7.69. The van der Waals surface area contributed by atoms with Gasteiger partial charge in [0, 0.05) is 37.0 Å². The number of aromatic nitrogens is 4. The lowest BCUT2D eigenvalue weighted by molar-refractivity contribution is -0.212. The fourth-order valence-electron chi connectivity index (χ4n) is 4.22. The Morgan fingerprint density at radius 2 is 1.72 bits per heavy atom. The van der Waals surface area contributed by atoms with Gasteiger partial charge in [-0.15, -0.1) is 5.10 Å². The molecule has 4 rings (SSSR count). The molecule has 0 bridgehead atoms. The van der Waals surface area contributed by atoms with Crippen molar-refractivity contribution in [3.05, 3.63) is 58.1 Å². The van der Waals surface area contributed by atoms with Crippen molar-refractivity contribution in [3.8, 4) is 17.3 Å². The second-order valence-corrected chi connectivity index (χ2v) is 11.0. The standard InChI is InChI=1S/C26H21BrF3N5O7S/c1-11(36)39-10-20-24(40-12(2)37)23(35-9-19(33-34-35)14-4-17(28)22(30)18(29)5-14)25(41-13(3)38)26(42-20)43-21-6-16(27)15(7-31)8-32-21/h4-6,8-9,20,23-26H,10H2,1-3H3. The van der Waals surface area contributed by atoms with Crippen molar-refractivity contribution in [1.82, 2.24) is 20.0 Å². The summed E-state index contributed by atoms with van der Waals surface area (Å²) in [4.78, 5) is 40.4. The van der Waals surface area contributed by atoms with Gasteiger partial charge in [0.2, 0.25) is 0 Å². The van der Waals surface area contributed by atoms with Gasteiger partial charge in [-0.1, -0.05) is 17.0 Å². The Kier molecular flexibility index (Phi) is 10.0. The number of thioether (sulfide) groups is 1. The van der Waals surface area contributed by atoms with Crippen molar-refractivity contribution in [2.24, 2.45) is 0 Å².